The highest BCUT2D eigenvalue weighted by atomic mass is 16.5. The van der Waals surface area contributed by atoms with E-state index >= 15 is 0 Å². The van der Waals surface area contributed by atoms with Crippen LogP contribution < -0.4 is 20.1 Å². The standard InChI is InChI=1S/C22H33N5O3/c1-22(7-10-27(11-8-22)9-5-6-12-28)15-26(2)21-24-17-14-19(30-4)18(29-3)13-16(17)20(23)25-21/h12-14H,5-11,15H2,1-4H3,(H2,23,24,25). The molecule has 8 nitrogen and oxygen atoms in total. The number of carbonyl (C=O) groups is 1. The molecule has 0 aliphatic carbocycles. The number of hydrogen-bond acceptors (Lipinski definition) is 8. The monoisotopic (exact) mass is 415 g/mol. The number of nitrogens with two attached hydrogens (primary N) is 1. The van der Waals surface area contributed by atoms with Crippen molar-refractivity contribution in [3.8, 4) is 11.5 Å². The minimum Gasteiger partial charge on any atom is -0.493 e. The zero-order valence-electron chi connectivity index (χ0n) is 18.5. The maximum Gasteiger partial charge on any atom is 0.227 e. The fourth-order valence-corrected chi connectivity index (χ4v) is 4.15. The van der Waals surface area contributed by atoms with Gasteiger partial charge in [0.15, 0.2) is 11.5 Å². The van der Waals surface area contributed by atoms with Crippen LogP contribution in [-0.4, -0.2) is 68.6 Å². The maximum atomic E-state index is 10.5. The van der Waals surface area contributed by atoms with Crippen LogP contribution in [0.3, 0.4) is 0 Å². The Kier molecular flexibility index (Phi) is 6.97. The summed E-state index contributed by atoms with van der Waals surface area (Å²) in [5.41, 5.74) is 7.16. The molecule has 8 heteroatoms. The summed E-state index contributed by atoms with van der Waals surface area (Å²) in [5.74, 6) is 2.26. The Morgan fingerprint density at radius 2 is 1.87 bits per heavy atom. The van der Waals surface area contributed by atoms with E-state index in [1.54, 1.807) is 14.2 Å². The van der Waals surface area contributed by atoms with Gasteiger partial charge in [-0.05, 0) is 50.4 Å². The Bertz CT molecular complexity index is 881. The predicted molar refractivity (Wildman–Crippen MR) is 119 cm³/mol. The molecule has 0 atom stereocenters. The van der Waals surface area contributed by atoms with Gasteiger partial charge in [0.2, 0.25) is 5.95 Å². The first-order chi connectivity index (χ1) is 14.4. The number of aromatic nitrogens is 2. The van der Waals surface area contributed by atoms with Crippen LogP contribution in [0.2, 0.25) is 0 Å². The van der Waals surface area contributed by atoms with Crippen molar-refractivity contribution in [3.05, 3.63) is 12.1 Å². The lowest BCUT2D eigenvalue weighted by Gasteiger charge is -2.41. The zero-order valence-corrected chi connectivity index (χ0v) is 18.5. The van der Waals surface area contributed by atoms with Crippen LogP contribution >= 0.6 is 0 Å². The van der Waals surface area contributed by atoms with E-state index in [1.807, 2.05) is 19.2 Å². The third-order valence-electron chi connectivity index (χ3n) is 6.04. The molecule has 1 aliphatic heterocycles. The highest BCUT2D eigenvalue weighted by Gasteiger charge is 2.31. The molecule has 164 valence electrons. The van der Waals surface area contributed by atoms with Crippen LogP contribution in [0.4, 0.5) is 11.8 Å². The lowest BCUT2D eigenvalue weighted by atomic mass is 9.80. The number of nitrogens with zero attached hydrogens (tertiary/aromatic N) is 4. The van der Waals surface area contributed by atoms with Crippen molar-refractivity contribution in [3.63, 3.8) is 0 Å². The molecule has 1 saturated heterocycles. The number of aldehydes is 1. The zero-order chi connectivity index (χ0) is 21.7. The van der Waals surface area contributed by atoms with Crippen LogP contribution in [0.25, 0.3) is 10.9 Å². The molecular formula is C22H33N5O3. The summed E-state index contributed by atoms with van der Waals surface area (Å²) in [6.07, 6.45) is 4.80. The van der Waals surface area contributed by atoms with E-state index in [0.29, 0.717) is 29.7 Å². The quantitative estimate of drug-likeness (QED) is 0.494. The normalized spacial score (nSPS) is 16.4. The molecule has 2 aromatic rings. The number of benzene rings is 1. The molecule has 0 amide bonds. The second-order valence-corrected chi connectivity index (χ2v) is 8.45. The van der Waals surface area contributed by atoms with Crippen molar-refractivity contribution in [2.24, 2.45) is 5.41 Å². The SMILES string of the molecule is COc1cc2nc(N(C)CC3(C)CCN(CCCC=O)CC3)nc(N)c2cc1OC. The van der Waals surface area contributed by atoms with Gasteiger partial charge in [0.05, 0.1) is 19.7 Å². The van der Waals surface area contributed by atoms with Crippen LogP contribution in [-0.2, 0) is 4.79 Å². The highest BCUT2D eigenvalue weighted by Crippen LogP contribution is 2.35. The number of methoxy groups -OCH3 is 2. The summed E-state index contributed by atoms with van der Waals surface area (Å²) in [7, 11) is 5.22. The fraction of sp³-hybridized carbons (Fsp3) is 0.591. The molecule has 30 heavy (non-hydrogen) atoms. The summed E-state index contributed by atoms with van der Waals surface area (Å²) in [6.45, 7) is 6.29. The minimum absolute atomic E-state index is 0.181. The molecule has 1 aliphatic rings. The van der Waals surface area contributed by atoms with Gasteiger partial charge in [-0.25, -0.2) is 4.98 Å². The average Bonchev–Trinajstić information content (AvgIpc) is 2.74. The molecular weight excluding hydrogens is 382 g/mol. The van der Waals surface area contributed by atoms with Crippen LogP contribution in [0.5, 0.6) is 11.5 Å². The maximum absolute atomic E-state index is 10.5. The lowest BCUT2D eigenvalue weighted by molar-refractivity contribution is -0.108. The first kappa shape index (κ1) is 22.1. The molecule has 0 bridgehead atoms. The summed E-state index contributed by atoms with van der Waals surface area (Å²) in [5, 5.41) is 0.750. The molecule has 1 aromatic carbocycles. The first-order valence-electron chi connectivity index (χ1n) is 10.5. The molecule has 0 saturated carbocycles. The van der Waals surface area contributed by atoms with Crippen molar-refractivity contribution in [1.29, 1.82) is 0 Å². The molecule has 1 fully saturated rings. The summed E-state index contributed by atoms with van der Waals surface area (Å²) >= 11 is 0. The van der Waals surface area contributed by atoms with E-state index in [2.05, 4.69) is 21.7 Å². The Hall–Kier alpha value is -2.61. The molecule has 3 rings (SSSR count). The Labute approximate surface area is 178 Å². The van der Waals surface area contributed by atoms with Crippen molar-refractivity contribution in [2.75, 3.05) is 58.1 Å². The molecule has 0 radical (unpaired) electrons. The molecule has 2 heterocycles. The van der Waals surface area contributed by atoms with Gasteiger partial charge in [-0.1, -0.05) is 6.92 Å². The summed E-state index contributed by atoms with van der Waals surface area (Å²) < 4.78 is 10.8. The summed E-state index contributed by atoms with van der Waals surface area (Å²) in [4.78, 5) is 24.4. The van der Waals surface area contributed by atoms with E-state index in [9.17, 15) is 4.79 Å². The van der Waals surface area contributed by atoms with Gasteiger partial charge in [-0.2, -0.15) is 4.98 Å². The van der Waals surface area contributed by atoms with Crippen LogP contribution in [0, 0.1) is 5.41 Å². The van der Waals surface area contributed by atoms with E-state index in [4.69, 9.17) is 20.2 Å². The molecule has 0 spiro atoms. The van der Waals surface area contributed by atoms with Crippen LogP contribution in [0.15, 0.2) is 12.1 Å². The number of likely N-dealkylation sites (tertiary alicyclic amines) is 1. The van der Waals surface area contributed by atoms with Crippen molar-refractivity contribution in [1.82, 2.24) is 14.9 Å². The third-order valence-corrected chi connectivity index (χ3v) is 6.04. The highest BCUT2D eigenvalue weighted by molar-refractivity contribution is 5.91. The first-order valence-corrected chi connectivity index (χ1v) is 10.5. The van der Waals surface area contributed by atoms with Crippen molar-refractivity contribution < 1.29 is 14.3 Å². The van der Waals surface area contributed by atoms with Gasteiger partial charge in [-0.15, -0.1) is 0 Å². The number of anilines is 2. The number of nitrogen functional groups attached to an aromatic ring is 1. The number of unbranched alkanes of at least 4 members (excludes halogenated alkanes) is 1. The van der Waals surface area contributed by atoms with Gasteiger partial charge in [0.25, 0.3) is 0 Å². The summed E-state index contributed by atoms with van der Waals surface area (Å²) in [6, 6.07) is 3.65. The van der Waals surface area contributed by atoms with Gasteiger partial charge in [-0.3, -0.25) is 0 Å². The van der Waals surface area contributed by atoms with Gasteiger partial charge in [0, 0.05) is 31.5 Å². The smallest absolute Gasteiger partial charge is 0.227 e. The second kappa shape index (κ2) is 9.47. The number of ether oxygens (including phenoxy) is 2. The van der Waals surface area contributed by atoms with E-state index in [-0.39, 0.29) is 5.41 Å². The number of carbonyl (C=O) groups excluding carboxylic acids is 1. The number of hydrogen-bond donors (Lipinski definition) is 1. The second-order valence-electron chi connectivity index (χ2n) is 8.45. The Morgan fingerprint density at radius 1 is 1.20 bits per heavy atom. The van der Waals surface area contributed by atoms with E-state index in [0.717, 1.165) is 62.6 Å². The Balaban J connectivity index is 1.72. The van der Waals surface area contributed by atoms with E-state index < -0.39 is 0 Å². The van der Waals surface area contributed by atoms with Gasteiger partial charge >= 0.3 is 0 Å². The number of rotatable bonds is 9. The third kappa shape index (κ3) is 4.92. The molecule has 1 aromatic heterocycles. The van der Waals surface area contributed by atoms with Gasteiger partial charge < -0.3 is 29.8 Å². The molecule has 2 N–H and O–H groups in total. The predicted octanol–water partition coefficient (Wildman–Crippen LogP) is 2.75. The van der Waals surface area contributed by atoms with Crippen LogP contribution in [0.1, 0.15) is 32.6 Å². The fourth-order valence-electron chi connectivity index (χ4n) is 4.15. The number of piperidine rings is 1. The van der Waals surface area contributed by atoms with E-state index in [1.165, 1.54) is 0 Å². The number of fused-ring (bicyclic) bond motifs is 1. The average molecular weight is 416 g/mol. The Morgan fingerprint density at radius 3 is 2.50 bits per heavy atom. The van der Waals surface area contributed by atoms with Gasteiger partial charge in [0.1, 0.15) is 12.1 Å². The lowest BCUT2D eigenvalue weighted by Crippen LogP contribution is -2.44. The topological polar surface area (TPSA) is 93.8 Å². The van der Waals surface area contributed by atoms with Crippen molar-refractivity contribution in [2.45, 2.75) is 32.6 Å². The van der Waals surface area contributed by atoms with Crippen molar-refractivity contribution >= 4 is 29.0 Å². The molecule has 0 unspecified atom stereocenters. The minimum atomic E-state index is 0.181. The largest absolute Gasteiger partial charge is 0.493 e.